The second-order valence-electron chi connectivity index (χ2n) is 7.07. The van der Waals surface area contributed by atoms with Crippen LogP contribution in [0.15, 0.2) is 18.2 Å². The minimum absolute atomic E-state index is 0.0232. The zero-order valence-electron chi connectivity index (χ0n) is 14.1. The van der Waals surface area contributed by atoms with Gasteiger partial charge in [0.1, 0.15) is 5.82 Å². The molecule has 2 atom stereocenters. The molecule has 2 saturated heterocycles. The Morgan fingerprint density at radius 2 is 1.92 bits per heavy atom. The molecule has 5 nitrogen and oxygen atoms in total. The largest absolute Gasteiger partial charge is 0.396 e. The van der Waals surface area contributed by atoms with E-state index in [1.165, 1.54) is 12.1 Å². The van der Waals surface area contributed by atoms with Crippen LogP contribution in [0.1, 0.15) is 23.2 Å². The highest BCUT2D eigenvalue weighted by atomic mass is 35.5. The van der Waals surface area contributed by atoms with E-state index in [1.54, 1.807) is 4.90 Å². The lowest BCUT2D eigenvalue weighted by atomic mass is 9.95. The van der Waals surface area contributed by atoms with Crippen molar-refractivity contribution in [3.63, 3.8) is 0 Å². The molecule has 3 rings (SSSR count). The maximum Gasteiger partial charge on any atom is 0.255 e. The smallest absolute Gasteiger partial charge is 0.255 e. The maximum atomic E-state index is 13.2. The van der Waals surface area contributed by atoms with Crippen LogP contribution in [0.4, 0.5) is 4.39 Å². The van der Waals surface area contributed by atoms with E-state index in [9.17, 15) is 19.4 Å². The molecule has 2 aliphatic heterocycles. The third-order valence-corrected chi connectivity index (χ3v) is 5.62. The van der Waals surface area contributed by atoms with Crippen LogP contribution in [0.2, 0.25) is 5.02 Å². The van der Waals surface area contributed by atoms with Crippen LogP contribution >= 0.6 is 11.6 Å². The summed E-state index contributed by atoms with van der Waals surface area (Å²) in [4.78, 5) is 16.7. The monoisotopic (exact) mass is 370 g/mol. The lowest BCUT2D eigenvalue weighted by Gasteiger charge is -2.32. The predicted octanol–water partition coefficient (Wildman–Crippen LogP) is 1.62. The average Bonchev–Trinajstić information content (AvgIpc) is 2.99. The Kier molecular flexibility index (Phi) is 5.94. The summed E-state index contributed by atoms with van der Waals surface area (Å²) in [6.45, 7) is 3.54. The number of amides is 1. The van der Waals surface area contributed by atoms with E-state index in [2.05, 4.69) is 4.90 Å². The molecule has 0 radical (unpaired) electrons. The molecule has 2 N–H and O–H groups in total. The molecule has 1 aromatic carbocycles. The Balaban J connectivity index is 1.65. The Hall–Kier alpha value is -1.21. The van der Waals surface area contributed by atoms with Crippen LogP contribution in [-0.4, -0.2) is 71.4 Å². The number of carbonyl (C=O) groups is 1. The fourth-order valence-electron chi connectivity index (χ4n) is 3.79. The average molecular weight is 371 g/mol. The summed E-state index contributed by atoms with van der Waals surface area (Å²) in [5.41, 5.74) is 0.293. The maximum absolute atomic E-state index is 13.2. The summed E-state index contributed by atoms with van der Waals surface area (Å²) in [5.74, 6) is -0.486. The molecule has 0 spiro atoms. The summed E-state index contributed by atoms with van der Waals surface area (Å²) in [7, 11) is 0. The minimum atomic E-state index is -0.471. The quantitative estimate of drug-likeness (QED) is 0.845. The normalized spacial score (nSPS) is 25.5. The first kappa shape index (κ1) is 18.6. The third-order valence-electron chi connectivity index (χ3n) is 5.31. The first-order valence-electron chi connectivity index (χ1n) is 8.73. The van der Waals surface area contributed by atoms with Crippen LogP contribution < -0.4 is 0 Å². The van der Waals surface area contributed by atoms with Crippen LogP contribution in [0.25, 0.3) is 0 Å². The van der Waals surface area contributed by atoms with Crippen LogP contribution in [0, 0.1) is 17.7 Å². The number of rotatable bonds is 4. The van der Waals surface area contributed by atoms with Gasteiger partial charge < -0.3 is 20.0 Å². The fraction of sp³-hybridized carbons (Fsp3) is 0.611. The number of carbonyl (C=O) groups excluding carboxylic acids is 1. The number of halogens is 2. The molecule has 138 valence electrons. The second kappa shape index (κ2) is 7.99. The fourth-order valence-corrected chi connectivity index (χ4v) is 4.03. The van der Waals surface area contributed by atoms with Gasteiger partial charge in [0.05, 0.1) is 16.7 Å². The zero-order chi connectivity index (χ0) is 18.0. The molecule has 0 aliphatic carbocycles. The van der Waals surface area contributed by atoms with Crippen molar-refractivity contribution in [3.8, 4) is 0 Å². The molecular formula is C18H24ClFN2O3. The molecule has 7 heteroatoms. The minimum Gasteiger partial charge on any atom is -0.396 e. The Morgan fingerprint density at radius 1 is 1.24 bits per heavy atom. The van der Waals surface area contributed by atoms with E-state index in [0.29, 0.717) is 18.7 Å². The van der Waals surface area contributed by atoms with E-state index < -0.39 is 5.82 Å². The first-order chi connectivity index (χ1) is 12.0. The van der Waals surface area contributed by atoms with Gasteiger partial charge in [-0.1, -0.05) is 11.6 Å². The summed E-state index contributed by atoms with van der Waals surface area (Å²) in [6.07, 6.45) is 1.32. The van der Waals surface area contributed by atoms with Crippen LogP contribution in [0.5, 0.6) is 0 Å². The van der Waals surface area contributed by atoms with Gasteiger partial charge in [-0.05, 0) is 37.0 Å². The van der Waals surface area contributed by atoms with Gasteiger partial charge in [0.2, 0.25) is 0 Å². The van der Waals surface area contributed by atoms with Crippen molar-refractivity contribution in [2.75, 3.05) is 39.3 Å². The number of aliphatic hydroxyl groups is 2. The van der Waals surface area contributed by atoms with E-state index in [4.69, 9.17) is 11.6 Å². The molecule has 25 heavy (non-hydrogen) atoms. The second-order valence-corrected chi connectivity index (χ2v) is 7.48. The van der Waals surface area contributed by atoms with Gasteiger partial charge in [-0.15, -0.1) is 0 Å². The van der Waals surface area contributed by atoms with E-state index in [0.717, 1.165) is 38.5 Å². The van der Waals surface area contributed by atoms with Crippen molar-refractivity contribution >= 4 is 17.5 Å². The Labute approximate surface area is 152 Å². The predicted molar refractivity (Wildman–Crippen MR) is 93.1 cm³/mol. The number of aliphatic hydroxyl groups excluding tert-OH is 2. The molecule has 1 aromatic rings. The molecule has 2 aliphatic rings. The Bertz CT molecular complexity index is 622. The van der Waals surface area contributed by atoms with Crippen molar-refractivity contribution in [2.24, 2.45) is 11.8 Å². The first-order valence-corrected chi connectivity index (χ1v) is 9.11. The highest BCUT2D eigenvalue weighted by Gasteiger charge is 2.37. The number of piperidine rings is 1. The SMILES string of the molecule is O=C(c1ccc(F)cc1Cl)N1C[C@@H](CN2CCC(O)CC2)[C@@H](CO)C1. The van der Waals surface area contributed by atoms with Crippen LogP contribution in [-0.2, 0) is 0 Å². The molecule has 2 heterocycles. The third kappa shape index (κ3) is 4.31. The van der Waals surface area contributed by atoms with Crippen molar-refractivity contribution in [1.29, 1.82) is 0 Å². The number of hydrogen-bond acceptors (Lipinski definition) is 4. The molecule has 0 aromatic heterocycles. The van der Waals surface area contributed by atoms with Gasteiger partial charge in [-0.25, -0.2) is 4.39 Å². The molecule has 1 amide bonds. The topological polar surface area (TPSA) is 64.0 Å². The Morgan fingerprint density at radius 3 is 2.56 bits per heavy atom. The van der Waals surface area contributed by atoms with Gasteiger partial charge in [0, 0.05) is 45.2 Å². The van der Waals surface area contributed by atoms with Gasteiger partial charge in [-0.2, -0.15) is 0 Å². The number of hydrogen-bond donors (Lipinski definition) is 2. The van der Waals surface area contributed by atoms with Crippen molar-refractivity contribution in [1.82, 2.24) is 9.80 Å². The molecular weight excluding hydrogens is 347 g/mol. The van der Waals surface area contributed by atoms with Crippen molar-refractivity contribution in [2.45, 2.75) is 18.9 Å². The van der Waals surface area contributed by atoms with Crippen molar-refractivity contribution in [3.05, 3.63) is 34.6 Å². The summed E-state index contributed by atoms with van der Waals surface area (Å²) >= 11 is 6.01. The highest BCUT2D eigenvalue weighted by Crippen LogP contribution is 2.28. The molecule has 0 unspecified atom stereocenters. The standard InChI is InChI=1S/C18H24ClFN2O3/c19-17-7-14(20)1-2-16(17)18(25)22-9-12(13(10-22)11-23)8-21-5-3-15(24)4-6-21/h1-2,7,12-13,15,23-24H,3-6,8-11H2/t12-,13-/m1/s1. The lowest BCUT2D eigenvalue weighted by molar-refractivity contribution is 0.0679. The summed E-state index contributed by atoms with van der Waals surface area (Å²) < 4.78 is 13.2. The van der Waals surface area contributed by atoms with Gasteiger partial charge in [0.25, 0.3) is 5.91 Å². The number of nitrogens with zero attached hydrogens (tertiary/aromatic N) is 2. The zero-order valence-corrected chi connectivity index (χ0v) is 14.8. The summed E-state index contributed by atoms with van der Waals surface area (Å²) in [6, 6.07) is 3.79. The van der Waals surface area contributed by atoms with E-state index in [-0.39, 0.29) is 35.5 Å². The van der Waals surface area contributed by atoms with Gasteiger partial charge in [0.15, 0.2) is 0 Å². The molecule has 0 saturated carbocycles. The highest BCUT2D eigenvalue weighted by molar-refractivity contribution is 6.33. The van der Waals surface area contributed by atoms with E-state index >= 15 is 0 Å². The van der Waals surface area contributed by atoms with Gasteiger partial charge >= 0.3 is 0 Å². The summed E-state index contributed by atoms with van der Waals surface area (Å²) in [5, 5.41) is 19.4. The lowest BCUT2D eigenvalue weighted by Crippen LogP contribution is -2.40. The number of likely N-dealkylation sites (tertiary alicyclic amines) is 2. The molecule has 0 bridgehead atoms. The van der Waals surface area contributed by atoms with E-state index in [1.807, 2.05) is 0 Å². The number of benzene rings is 1. The van der Waals surface area contributed by atoms with Crippen LogP contribution in [0.3, 0.4) is 0 Å². The van der Waals surface area contributed by atoms with Crippen molar-refractivity contribution < 1.29 is 19.4 Å². The van der Waals surface area contributed by atoms with Gasteiger partial charge in [-0.3, -0.25) is 4.79 Å². The molecule has 2 fully saturated rings.